The fraction of sp³-hybridized carbons (Fsp3) is 0.385. The van der Waals surface area contributed by atoms with Gasteiger partial charge < -0.3 is 19.3 Å². The van der Waals surface area contributed by atoms with Crippen molar-refractivity contribution < 1.29 is 35.9 Å². The highest BCUT2D eigenvalue weighted by atomic mass is 32.2. The van der Waals surface area contributed by atoms with Gasteiger partial charge in [-0.1, -0.05) is 13.0 Å². The van der Waals surface area contributed by atoms with E-state index in [0.717, 1.165) is 28.6 Å². The van der Waals surface area contributed by atoms with Gasteiger partial charge in [0, 0.05) is 32.8 Å². The van der Waals surface area contributed by atoms with Crippen LogP contribution in [0, 0.1) is 11.7 Å². The van der Waals surface area contributed by atoms with Gasteiger partial charge in [0.1, 0.15) is 11.9 Å². The zero-order valence-corrected chi connectivity index (χ0v) is 24.6. The molecule has 1 aliphatic heterocycles. The van der Waals surface area contributed by atoms with Gasteiger partial charge in [0.2, 0.25) is 0 Å². The highest BCUT2D eigenvalue weighted by Gasteiger charge is 2.37. The number of hydrogen-bond acceptors (Lipinski definition) is 8. The van der Waals surface area contributed by atoms with Crippen molar-refractivity contribution in [3.05, 3.63) is 66.4 Å². The van der Waals surface area contributed by atoms with Crippen molar-refractivity contribution in [1.82, 2.24) is 18.8 Å². The van der Waals surface area contributed by atoms with Gasteiger partial charge in [-0.25, -0.2) is 26.2 Å². The third-order valence-electron chi connectivity index (χ3n) is 6.85. The van der Waals surface area contributed by atoms with E-state index in [1.165, 1.54) is 47.2 Å². The molecule has 0 bridgehead atoms. The van der Waals surface area contributed by atoms with Crippen molar-refractivity contribution in [2.45, 2.75) is 35.9 Å². The Hall–Kier alpha value is -3.53. The number of aryl methyl sites for hydroxylation is 1. The number of carbonyl (C=O) groups is 1. The Morgan fingerprint density at radius 3 is 2.49 bits per heavy atom. The Balaban J connectivity index is 1.76. The second kappa shape index (κ2) is 11.8. The molecule has 0 spiro atoms. The monoisotopic (exact) mass is 609 g/mol. The van der Waals surface area contributed by atoms with E-state index in [-0.39, 0.29) is 46.6 Å². The maximum absolute atomic E-state index is 13.6. The first kappa shape index (κ1) is 30.4. The van der Waals surface area contributed by atoms with E-state index in [4.69, 9.17) is 4.74 Å². The molecule has 0 aliphatic carbocycles. The van der Waals surface area contributed by atoms with E-state index in [9.17, 15) is 31.1 Å². The minimum Gasteiger partial charge on any atom is -0.486 e. The minimum atomic E-state index is -4.23. The molecule has 0 saturated heterocycles. The molecular formula is C26H32FN5O7S2. The van der Waals surface area contributed by atoms with Crippen molar-refractivity contribution >= 4 is 31.6 Å². The Morgan fingerprint density at radius 2 is 1.88 bits per heavy atom. The summed E-state index contributed by atoms with van der Waals surface area (Å²) in [7, 11) is -5.21. The largest absolute Gasteiger partial charge is 0.486 e. The Labute approximate surface area is 238 Å². The number of carbonyl (C=O) groups excluding carboxylic acids is 1. The summed E-state index contributed by atoms with van der Waals surface area (Å²) >= 11 is 0. The molecular weight excluding hydrogens is 577 g/mol. The van der Waals surface area contributed by atoms with E-state index in [0.29, 0.717) is 0 Å². The van der Waals surface area contributed by atoms with Crippen molar-refractivity contribution in [2.75, 3.05) is 31.5 Å². The van der Waals surface area contributed by atoms with Crippen LogP contribution >= 0.6 is 0 Å². The van der Waals surface area contributed by atoms with Gasteiger partial charge in [-0.2, -0.15) is 4.31 Å². The summed E-state index contributed by atoms with van der Waals surface area (Å²) in [4.78, 5) is 18.8. The first-order valence-electron chi connectivity index (χ1n) is 12.7. The molecule has 0 saturated carbocycles. The number of aliphatic hydroxyl groups excluding tert-OH is 1. The Morgan fingerprint density at radius 1 is 1.20 bits per heavy atom. The number of nitrogens with zero attached hydrogens (tertiary/aromatic N) is 4. The van der Waals surface area contributed by atoms with Crippen LogP contribution in [0.2, 0.25) is 0 Å². The molecule has 1 amide bonds. The molecule has 2 aromatic carbocycles. The van der Waals surface area contributed by atoms with E-state index < -0.39 is 49.8 Å². The van der Waals surface area contributed by atoms with Crippen LogP contribution in [0.1, 0.15) is 24.2 Å². The molecule has 222 valence electrons. The van der Waals surface area contributed by atoms with Crippen LogP contribution in [0.5, 0.6) is 5.75 Å². The van der Waals surface area contributed by atoms with Gasteiger partial charge in [0.05, 0.1) is 41.7 Å². The maximum Gasteiger partial charge on any atom is 0.262 e. The summed E-state index contributed by atoms with van der Waals surface area (Å²) < 4.78 is 77.4. The number of para-hydroxylation sites is 1. The molecule has 0 radical (unpaired) electrons. The van der Waals surface area contributed by atoms with E-state index >= 15 is 0 Å². The number of likely N-dealkylation sites (N-methyl/N-ethyl adjacent to an activating group) is 1. The highest BCUT2D eigenvalue weighted by molar-refractivity contribution is 7.92. The summed E-state index contributed by atoms with van der Waals surface area (Å²) in [6, 6.07) is 7.97. The zero-order valence-electron chi connectivity index (χ0n) is 22.9. The zero-order chi connectivity index (χ0) is 30.1. The second-order valence-electron chi connectivity index (χ2n) is 10.0. The Bertz CT molecular complexity index is 1630. The maximum atomic E-state index is 13.6. The number of hydrogen-bond donors (Lipinski definition) is 2. The average molecular weight is 610 g/mol. The molecule has 1 aromatic heterocycles. The van der Waals surface area contributed by atoms with Gasteiger partial charge in [-0.3, -0.25) is 9.52 Å². The van der Waals surface area contributed by atoms with Gasteiger partial charge in [-0.05, 0) is 43.3 Å². The molecule has 2 N–H and O–H groups in total. The van der Waals surface area contributed by atoms with Gasteiger partial charge in [0.25, 0.3) is 26.0 Å². The number of benzene rings is 2. The lowest BCUT2D eigenvalue weighted by molar-refractivity contribution is 0.0389. The molecule has 2 heterocycles. The standard InChI is InChI=1S/C26H32FN5O7S2/c1-17-12-32(18(2)15-33)26(34)21-6-5-7-22(29-40(35,36)20-10-8-19(27)9-11-20)25(21)39-23(17)13-31(4)41(37,38)24-14-30(3)16-28-24/h5-11,14,16-18,23,29,33H,12-13,15H2,1-4H3/t17-,18+,23-/m1/s1. The molecule has 3 aromatic rings. The summed E-state index contributed by atoms with van der Waals surface area (Å²) in [5, 5.41) is 9.71. The SMILES string of the molecule is C[C@@H]1CN([C@@H](C)CO)C(=O)c2cccc(NS(=O)(=O)c3ccc(F)cc3)c2O[C@@H]1CN(C)S(=O)(=O)c1cn(C)cn1. The predicted molar refractivity (Wildman–Crippen MR) is 148 cm³/mol. The fourth-order valence-electron chi connectivity index (χ4n) is 4.39. The van der Waals surface area contributed by atoms with Crippen molar-refractivity contribution in [2.24, 2.45) is 13.0 Å². The third-order valence-corrected chi connectivity index (χ3v) is 9.94. The summed E-state index contributed by atoms with van der Waals surface area (Å²) in [5.74, 6) is -1.66. The lowest BCUT2D eigenvalue weighted by Crippen LogP contribution is -2.50. The van der Waals surface area contributed by atoms with Crippen LogP contribution in [0.25, 0.3) is 0 Å². The number of amides is 1. The summed E-state index contributed by atoms with van der Waals surface area (Å²) in [6.07, 6.45) is 1.88. The highest BCUT2D eigenvalue weighted by Crippen LogP contribution is 2.36. The van der Waals surface area contributed by atoms with E-state index in [2.05, 4.69) is 9.71 Å². The lowest BCUT2D eigenvalue weighted by Gasteiger charge is -2.38. The second-order valence-corrected chi connectivity index (χ2v) is 13.7. The number of nitrogens with one attached hydrogen (secondary N) is 1. The molecule has 41 heavy (non-hydrogen) atoms. The number of ether oxygens (including phenoxy) is 1. The molecule has 15 heteroatoms. The topological polar surface area (TPSA) is 151 Å². The van der Waals surface area contributed by atoms with Gasteiger partial charge in [0.15, 0.2) is 10.8 Å². The number of fused-ring (bicyclic) bond motifs is 1. The number of aromatic nitrogens is 2. The molecule has 0 unspecified atom stereocenters. The first-order valence-corrected chi connectivity index (χ1v) is 15.6. The quantitative estimate of drug-likeness (QED) is 0.373. The van der Waals surface area contributed by atoms with Crippen LogP contribution in [0.3, 0.4) is 0 Å². The normalized spacial score (nSPS) is 18.8. The van der Waals surface area contributed by atoms with Crippen molar-refractivity contribution in [1.29, 1.82) is 0 Å². The number of halogens is 1. The smallest absolute Gasteiger partial charge is 0.262 e. The van der Waals surface area contributed by atoms with Crippen LogP contribution < -0.4 is 9.46 Å². The van der Waals surface area contributed by atoms with Gasteiger partial charge in [-0.15, -0.1) is 0 Å². The van der Waals surface area contributed by atoms with Crippen molar-refractivity contribution in [3.8, 4) is 5.75 Å². The number of aliphatic hydroxyl groups is 1. The van der Waals surface area contributed by atoms with E-state index in [1.807, 2.05) is 0 Å². The number of rotatable bonds is 9. The van der Waals surface area contributed by atoms with Crippen LogP contribution in [-0.2, 0) is 27.1 Å². The van der Waals surface area contributed by atoms with Crippen LogP contribution in [0.15, 0.2) is 64.9 Å². The summed E-state index contributed by atoms with van der Waals surface area (Å²) in [6.45, 7) is 3.08. The lowest BCUT2D eigenvalue weighted by atomic mass is 9.99. The number of imidazole rings is 1. The van der Waals surface area contributed by atoms with Crippen LogP contribution in [0.4, 0.5) is 10.1 Å². The van der Waals surface area contributed by atoms with Crippen molar-refractivity contribution in [3.63, 3.8) is 0 Å². The van der Waals surface area contributed by atoms with Gasteiger partial charge >= 0.3 is 0 Å². The fourth-order valence-corrected chi connectivity index (χ4v) is 6.60. The van der Waals surface area contributed by atoms with E-state index in [1.54, 1.807) is 20.9 Å². The third kappa shape index (κ3) is 6.37. The first-order chi connectivity index (χ1) is 19.2. The predicted octanol–water partition coefficient (Wildman–Crippen LogP) is 1.90. The van der Waals surface area contributed by atoms with Crippen LogP contribution in [-0.4, -0.2) is 85.5 Å². The number of anilines is 1. The molecule has 3 atom stereocenters. The molecule has 4 rings (SSSR count). The molecule has 1 aliphatic rings. The Kier molecular flexibility index (Phi) is 8.73. The minimum absolute atomic E-state index is 0.0248. The molecule has 0 fully saturated rings. The molecule has 12 nitrogen and oxygen atoms in total. The summed E-state index contributed by atoms with van der Waals surface area (Å²) in [5.41, 5.74) is -0.0390. The average Bonchev–Trinajstić information content (AvgIpc) is 3.37. The number of sulfonamides is 2.